The normalized spacial score (nSPS) is 11.4. The lowest BCUT2D eigenvalue weighted by atomic mass is 10.2. The van der Waals surface area contributed by atoms with E-state index in [2.05, 4.69) is 39.4 Å². The molecule has 0 fully saturated rings. The van der Waals surface area contributed by atoms with Crippen LogP contribution in [0, 0.1) is 0 Å². The number of nitrogens with two attached hydrogens (primary N) is 1. The quantitative estimate of drug-likeness (QED) is 0.712. The molecule has 0 aliphatic carbocycles. The highest BCUT2D eigenvalue weighted by Gasteiger charge is 2.16. The third-order valence-electron chi connectivity index (χ3n) is 3.58. The molecule has 2 aromatic heterocycles. The van der Waals surface area contributed by atoms with Gasteiger partial charge < -0.3 is 11.1 Å². The number of anilines is 1. The fourth-order valence-corrected chi connectivity index (χ4v) is 2.44. The van der Waals surface area contributed by atoms with Crippen molar-refractivity contribution in [3.05, 3.63) is 40.7 Å². The van der Waals surface area contributed by atoms with E-state index in [1.165, 1.54) is 0 Å². The molecule has 3 N–H and O–H groups in total. The van der Waals surface area contributed by atoms with Crippen LogP contribution in [0.15, 0.2) is 24.3 Å². The predicted octanol–water partition coefficient (Wildman–Crippen LogP) is 2.42. The molecule has 0 aliphatic heterocycles. The molecule has 3 aromatic rings. The van der Waals surface area contributed by atoms with E-state index in [9.17, 15) is 0 Å². The first-order chi connectivity index (χ1) is 11.6. The molecule has 2 heterocycles. The van der Waals surface area contributed by atoms with Crippen LogP contribution < -0.4 is 11.1 Å². The van der Waals surface area contributed by atoms with E-state index in [1.54, 1.807) is 4.68 Å². The monoisotopic (exact) mass is 345 g/mol. The number of halogens is 1. The van der Waals surface area contributed by atoms with Crippen LogP contribution in [0.3, 0.4) is 0 Å². The van der Waals surface area contributed by atoms with E-state index in [4.69, 9.17) is 17.3 Å². The van der Waals surface area contributed by atoms with Gasteiger partial charge in [0.2, 0.25) is 0 Å². The topological polar surface area (TPSA) is 94.5 Å². The molecular weight excluding hydrogens is 326 g/mol. The Morgan fingerprint density at radius 3 is 2.62 bits per heavy atom. The smallest absolute Gasteiger partial charge is 0.184 e. The van der Waals surface area contributed by atoms with Crippen molar-refractivity contribution in [3.8, 4) is 0 Å². The molecular formula is C16H20ClN7. The molecule has 0 bridgehead atoms. The van der Waals surface area contributed by atoms with Gasteiger partial charge in [0.15, 0.2) is 17.0 Å². The van der Waals surface area contributed by atoms with Crippen molar-refractivity contribution < 1.29 is 0 Å². The zero-order valence-corrected chi connectivity index (χ0v) is 14.5. The van der Waals surface area contributed by atoms with Gasteiger partial charge in [-0.1, -0.05) is 42.8 Å². The Bertz CT molecular complexity index is 826. The second kappa shape index (κ2) is 7.11. The number of benzene rings is 1. The molecule has 0 saturated carbocycles. The van der Waals surface area contributed by atoms with Crippen LogP contribution in [0.4, 0.5) is 5.82 Å². The van der Waals surface area contributed by atoms with Gasteiger partial charge >= 0.3 is 0 Å². The maximum absolute atomic E-state index is 5.94. The average Bonchev–Trinajstić information content (AvgIpc) is 2.97. The van der Waals surface area contributed by atoms with Crippen LogP contribution in [0.2, 0.25) is 5.02 Å². The van der Waals surface area contributed by atoms with Crippen LogP contribution in [0.5, 0.6) is 0 Å². The highest BCUT2D eigenvalue weighted by molar-refractivity contribution is 6.30. The second-order valence-electron chi connectivity index (χ2n) is 5.85. The fourth-order valence-electron chi connectivity index (χ4n) is 2.31. The number of aromatic nitrogens is 5. The number of hydrogen-bond acceptors (Lipinski definition) is 6. The lowest BCUT2D eigenvalue weighted by molar-refractivity contribution is 0.660. The summed E-state index contributed by atoms with van der Waals surface area (Å²) in [6.07, 6.45) is 0. The number of fused-ring (bicyclic) bond motifs is 1. The summed E-state index contributed by atoms with van der Waals surface area (Å²) in [5.74, 6) is 1.63. The maximum atomic E-state index is 5.94. The minimum Gasteiger partial charge on any atom is -0.367 e. The average molecular weight is 346 g/mol. The van der Waals surface area contributed by atoms with Crippen LogP contribution >= 0.6 is 11.6 Å². The lowest BCUT2D eigenvalue weighted by Gasteiger charge is -2.09. The van der Waals surface area contributed by atoms with E-state index in [-0.39, 0.29) is 5.92 Å². The van der Waals surface area contributed by atoms with Gasteiger partial charge in [-0.25, -0.2) is 14.6 Å². The predicted molar refractivity (Wildman–Crippen MR) is 95.3 cm³/mol. The Balaban J connectivity index is 2.02. The zero-order chi connectivity index (χ0) is 17.1. The Hall–Kier alpha value is -2.25. The standard InChI is InChI=1S/C16H20ClN7/c1-10(2)14-20-15(19-8-7-18)13-16(21-14)24(23-22-13)9-11-3-5-12(17)6-4-11/h3-6,10H,7-9,18H2,1-2H3,(H,19,20,21). The second-order valence-corrected chi connectivity index (χ2v) is 6.28. The van der Waals surface area contributed by atoms with E-state index >= 15 is 0 Å². The van der Waals surface area contributed by atoms with Crippen LogP contribution in [-0.4, -0.2) is 38.1 Å². The van der Waals surface area contributed by atoms with E-state index in [0.29, 0.717) is 41.6 Å². The molecule has 1 aromatic carbocycles. The van der Waals surface area contributed by atoms with Crippen molar-refractivity contribution in [1.29, 1.82) is 0 Å². The van der Waals surface area contributed by atoms with Crippen LogP contribution in [0.25, 0.3) is 11.2 Å². The highest BCUT2D eigenvalue weighted by atomic mass is 35.5. The number of hydrogen-bond donors (Lipinski definition) is 2. The molecule has 24 heavy (non-hydrogen) atoms. The van der Waals surface area contributed by atoms with Crippen LogP contribution in [0.1, 0.15) is 31.2 Å². The molecule has 8 heteroatoms. The van der Waals surface area contributed by atoms with Gasteiger partial charge in [-0.3, -0.25) is 0 Å². The molecule has 3 rings (SSSR count). The summed E-state index contributed by atoms with van der Waals surface area (Å²) in [7, 11) is 0. The molecule has 0 spiro atoms. The molecule has 0 aliphatic rings. The van der Waals surface area contributed by atoms with Crippen molar-refractivity contribution in [2.24, 2.45) is 5.73 Å². The third-order valence-corrected chi connectivity index (χ3v) is 3.83. The molecule has 0 amide bonds. The third kappa shape index (κ3) is 3.47. The summed E-state index contributed by atoms with van der Waals surface area (Å²) < 4.78 is 1.78. The van der Waals surface area contributed by atoms with Gasteiger partial charge in [-0.2, -0.15) is 0 Å². The first kappa shape index (κ1) is 16.6. The molecule has 7 nitrogen and oxygen atoms in total. The molecule has 0 saturated heterocycles. The Labute approximate surface area is 145 Å². The van der Waals surface area contributed by atoms with Crippen molar-refractivity contribution >= 4 is 28.6 Å². The maximum Gasteiger partial charge on any atom is 0.184 e. The first-order valence-electron chi connectivity index (χ1n) is 7.88. The first-order valence-corrected chi connectivity index (χ1v) is 8.25. The summed E-state index contributed by atoms with van der Waals surface area (Å²) in [5.41, 5.74) is 8.02. The molecule has 0 radical (unpaired) electrons. The van der Waals surface area contributed by atoms with Gasteiger partial charge in [0.1, 0.15) is 5.82 Å². The lowest BCUT2D eigenvalue weighted by Crippen LogP contribution is -2.15. The van der Waals surface area contributed by atoms with Gasteiger partial charge in [0.05, 0.1) is 6.54 Å². The van der Waals surface area contributed by atoms with E-state index in [0.717, 1.165) is 11.4 Å². The summed E-state index contributed by atoms with van der Waals surface area (Å²) in [5, 5.41) is 12.4. The Morgan fingerprint density at radius 2 is 1.96 bits per heavy atom. The number of nitrogens with one attached hydrogen (secondary N) is 1. The van der Waals surface area contributed by atoms with Crippen molar-refractivity contribution in [2.75, 3.05) is 18.4 Å². The Morgan fingerprint density at radius 1 is 1.21 bits per heavy atom. The highest BCUT2D eigenvalue weighted by Crippen LogP contribution is 2.22. The fraction of sp³-hybridized carbons (Fsp3) is 0.375. The number of nitrogens with zero attached hydrogens (tertiary/aromatic N) is 5. The molecule has 0 unspecified atom stereocenters. The van der Waals surface area contributed by atoms with Crippen molar-refractivity contribution in [3.63, 3.8) is 0 Å². The largest absolute Gasteiger partial charge is 0.367 e. The van der Waals surface area contributed by atoms with Gasteiger partial charge in [-0.05, 0) is 17.7 Å². The van der Waals surface area contributed by atoms with Gasteiger partial charge in [-0.15, -0.1) is 5.10 Å². The molecule has 0 atom stereocenters. The van der Waals surface area contributed by atoms with Gasteiger partial charge in [0, 0.05) is 24.0 Å². The minimum absolute atomic E-state index is 0.201. The zero-order valence-electron chi connectivity index (χ0n) is 13.7. The Kier molecular flexibility index (Phi) is 4.92. The summed E-state index contributed by atoms with van der Waals surface area (Å²) in [6.45, 7) is 5.82. The summed E-state index contributed by atoms with van der Waals surface area (Å²) in [6, 6.07) is 7.65. The van der Waals surface area contributed by atoms with Crippen molar-refractivity contribution in [1.82, 2.24) is 25.0 Å². The number of rotatable bonds is 6. The van der Waals surface area contributed by atoms with E-state index < -0.39 is 0 Å². The summed E-state index contributed by atoms with van der Waals surface area (Å²) >= 11 is 5.94. The minimum atomic E-state index is 0.201. The van der Waals surface area contributed by atoms with Crippen molar-refractivity contribution in [2.45, 2.75) is 26.3 Å². The van der Waals surface area contributed by atoms with E-state index in [1.807, 2.05) is 24.3 Å². The SMILES string of the molecule is CC(C)c1nc(NCCN)c2nnn(Cc3ccc(Cl)cc3)c2n1. The van der Waals surface area contributed by atoms with Gasteiger partial charge in [0.25, 0.3) is 0 Å². The molecule has 126 valence electrons. The summed E-state index contributed by atoms with van der Waals surface area (Å²) in [4.78, 5) is 9.21. The van der Waals surface area contributed by atoms with Crippen LogP contribution in [-0.2, 0) is 6.54 Å².